The van der Waals surface area contributed by atoms with Crippen molar-refractivity contribution in [3.63, 3.8) is 0 Å². The van der Waals surface area contributed by atoms with Crippen molar-refractivity contribution < 1.29 is 9.90 Å². The van der Waals surface area contributed by atoms with Crippen molar-refractivity contribution in [2.24, 2.45) is 5.73 Å². The predicted octanol–water partition coefficient (Wildman–Crippen LogP) is -0.196. The van der Waals surface area contributed by atoms with Gasteiger partial charge in [0, 0.05) is 31.7 Å². The molecule has 1 aromatic heterocycles. The third-order valence-electron chi connectivity index (χ3n) is 3.32. The summed E-state index contributed by atoms with van der Waals surface area (Å²) in [5, 5.41) is 12.5. The van der Waals surface area contributed by atoms with Crippen LogP contribution < -0.4 is 11.1 Å². The number of carbonyl (C=O) groups is 1. The third kappa shape index (κ3) is 4.27. The van der Waals surface area contributed by atoms with E-state index in [0.29, 0.717) is 25.2 Å². The molecule has 1 aliphatic rings. The van der Waals surface area contributed by atoms with Crippen LogP contribution >= 0.6 is 0 Å². The van der Waals surface area contributed by atoms with Crippen LogP contribution in [0.3, 0.4) is 0 Å². The highest BCUT2D eigenvalue weighted by atomic mass is 16.3. The summed E-state index contributed by atoms with van der Waals surface area (Å²) in [4.78, 5) is 17.7. The minimum Gasteiger partial charge on any atom is -0.390 e. The highest BCUT2D eigenvalue weighted by Crippen LogP contribution is 2.10. The number of nitrogens with zero attached hydrogens (tertiary/aromatic N) is 2. The van der Waals surface area contributed by atoms with Crippen molar-refractivity contribution >= 4 is 11.6 Å². The zero-order chi connectivity index (χ0) is 13.7. The van der Waals surface area contributed by atoms with Crippen molar-refractivity contribution in [2.45, 2.75) is 25.0 Å². The maximum absolute atomic E-state index is 11.7. The molecule has 1 fully saturated rings. The maximum atomic E-state index is 11.7. The number of nitrogens with two attached hydrogens (primary N) is 1. The molecule has 0 aromatic carbocycles. The van der Waals surface area contributed by atoms with Crippen molar-refractivity contribution in [2.75, 3.05) is 25.0 Å². The lowest BCUT2D eigenvalue weighted by Crippen LogP contribution is -2.50. The van der Waals surface area contributed by atoms with Crippen molar-refractivity contribution in [3.05, 3.63) is 24.5 Å². The number of rotatable bonds is 4. The number of anilines is 1. The average molecular weight is 264 g/mol. The van der Waals surface area contributed by atoms with E-state index < -0.39 is 6.10 Å². The number of aliphatic hydroxyl groups excluding tert-OH is 1. The standard InChI is InChI=1S/C13H20N4O2/c14-11-3-6-17(9-12(11)18)7-4-13(19)16-10-2-1-5-15-8-10/h1-2,5,8,11-12,18H,3-4,6-7,9,14H2,(H,16,19)/t11-,12-/m1/s1. The first-order valence-corrected chi connectivity index (χ1v) is 6.51. The summed E-state index contributed by atoms with van der Waals surface area (Å²) < 4.78 is 0. The van der Waals surface area contributed by atoms with Gasteiger partial charge in [-0.2, -0.15) is 0 Å². The number of carbonyl (C=O) groups excluding carboxylic acids is 1. The Hall–Kier alpha value is -1.50. The Labute approximate surface area is 112 Å². The second-order valence-corrected chi connectivity index (χ2v) is 4.86. The molecule has 1 saturated heterocycles. The summed E-state index contributed by atoms with van der Waals surface area (Å²) >= 11 is 0. The molecule has 0 unspecified atom stereocenters. The minimum absolute atomic E-state index is 0.0441. The molecule has 2 atom stereocenters. The first-order valence-electron chi connectivity index (χ1n) is 6.51. The molecule has 1 aliphatic heterocycles. The Balaban J connectivity index is 1.72. The molecule has 0 bridgehead atoms. The molecular weight excluding hydrogens is 244 g/mol. The number of β-amino-alcohol motifs (C(OH)–C–C–N with tert-alkyl or cyclic N) is 1. The van der Waals surface area contributed by atoms with Crippen molar-refractivity contribution in [1.29, 1.82) is 0 Å². The van der Waals surface area contributed by atoms with Gasteiger partial charge in [-0.25, -0.2) is 0 Å². The Morgan fingerprint density at radius 3 is 3.16 bits per heavy atom. The Morgan fingerprint density at radius 1 is 1.63 bits per heavy atom. The number of aliphatic hydroxyl groups is 1. The van der Waals surface area contributed by atoms with Crippen LogP contribution in [-0.2, 0) is 4.79 Å². The predicted molar refractivity (Wildman–Crippen MR) is 72.5 cm³/mol. The van der Waals surface area contributed by atoms with E-state index in [-0.39, 0.29) is 11.9 Å². The fourth-order valence-corrected chi connectivity index (χ4v) is 2.14. The Bertz CT molecular complexity index is 412. The quantitative estimate of drug-likeness (QED) is 0.701. The lowest BCUT2D eigenvalue weighted by Gasteiger charge is -2.33. The topological polar surface area (TPSA) is 91.5 Å². The molecule has 2 heterocycles. The van der Waals surface area contributed by atoms with E-state index >= 15 is 0 Å². The van der Waals surface area contributed by atoms with Gasteiger partial charge in [-0.05, 0) is 25.1 Å². The fourth-order valence-electron chi connectivity index (χ4n) is 2.14. The highest BCUT2D eigenvalue weighted by Gasteiger charge is 2.24. The zero-order valence-corrected chi connectivity index (χ0v) is 10.8. The molecule has 0 radical (unpaired) electrons. The van der Waals surface area contributed by atoms with E-state index in [2.05, 4.69) is 15.2 Å². The van der Waals surface area contributed by atoms with Gasteiger partial charge < -0.3 is 21.1 Å². The van der Waals surface area contributed by atoms with Gasteiger partial charge >= 0.3 is 0 Å². The van der Waals surface area contributed by atoms with E-state index in [1.54, 1.807) is 24.5 Å². The fraction of sp³-hybridized carbons (Fsp3) is 0.538. The molecule has 1 amide bonds. The summed E-state index contributed by atoms with van der Waals surface area (Å²) in [6.07, 6.45) is 3.95. The van der Waals surface area contributed by atoms with Gasteiger partial charge in [0.25, 0.3) is 0 Å². The van der Waals surface area contributed by atoms with Crippen LogP contribution in [0, 0.1) is 0 Å². The van der Waals surface area contributed by atoms with E-state index in [1.165, 1.54) is 0 Å². The summed E-state index contributed by atoms with van der Waals surface area (Å²) in [7, 11) is 0. The first kappa shape index (κ1) is 13.9. The lowest BCUT2D eigenvalue weighted by molar-refractivity contribution is -0.116. The van der Waals surface area contributed by atoms with Crippen molar-refractivity contribution in [1.82, 2.24) is 9.88 Å². The highest BCUT2D eigenvalue weighted by molar-refractivity contribution is 5.90. The molecule has 2 rings (SSSR count). The van der Waals surface area contributed by atoms with Gasteiger partial charge in [0.05, 0.1) is 18.0 Å². The van der Waals surface area contributed by atoms with Gasteiger partial charge in [-0.3, -0.25) is 9.78 Å². The number of piperidine rings is 1. The number of likely N-dealkylation sites (tertiary alicyclic amines) is 1. The molecule has 104 valence electrons. The number of pyridine rings is 1. The second kappa shape index (κ2) is 6.60. The van der Waals surface area contributed by atoms with Crippen LogP contribution in [0.5, 0.6) is 0 Å². The molecule has 0 spiro atoms. The molecule has 19 heavy (non-hydrogen) atoms. The number of aromatic nitrogens is 1. The van der Waals surface area contributed by atoms with Gasteiger partial charge in [0.15, 0.2) is 0 Å². The van der Waals surface area contributed by atoms with Gasteiger partial charge in [-0.15, -0.1) is 0 Å². The molecule has 4 N–H and O–H groups in total. The number of nitrogens with one attached hydrogen (secondary N) is 1. The van der Waals surface area contributed by atoms with Crippen LogP contribution in [-0.4, -0.2) is 52.7 Å². The zero-order valence-electron chi connectivity index (χ0n) is 10.8. The first-order chi connectivity index (χ1) is 9.15. The molecule has 6 nitrogen and oxygen atoms in total. The Kier molecular flexibility index (Phi) is 4.84. The molecular formula is C13H20N4O2. The maximum Gasteiger partial charge on any atom is 0.225 e. The summed E-state index contributed by atoms with van der Waals surface area (Å²) in [5.41, 5.74) is 6.44. The average Bonchev–Trinajstić information content (AvgIpc) is 2.41. The smallest absolute Gasteiger partial charge is 0.225 e. The van der Waals surface area contributed by atoms with Crippen LogP contribution in [0.4, 0.5) is 5.69 Å². The normalized spacial score (nSPS) is 24.1. The molecule has 0 aliphatic carbocycles. The second-order valence-electron chi connectivity index (χ2n) is 4.86. The van der Waals surface area contributed by atoms with E-state index in [1.807, 2.05) is 0 Å². The third-order valence-corrected chi connectivity index (χ3v) is 3.32. The van der Waals surface area contributed by atoms with Gasteiger partial charge in [0.1, 0.15) is 0 Å². The molecule has 1 aromatic rings. The number of hydrogen-bond acceptors (Lipinski definition) is 5. The summed E-state index contributed by atoms with van der Waals surface area (Å²) in [6.45, 7) is 2.01. The van der Waals surface area contributed by atoms with Crippen LogP contribution in [0.25, 0.3) is 0 Å². The van der Waals surface area contributed by atoms with E-state index in [0.717, 1.165) is 13.0 Å². The largest absolute Gasteiger partial charge is 0.390 e. The van der Waals surface area contributed by atoms with Crippen LogP contribution in [0.2, 0.25) is 0 Å². The van der Waals surface area contributed by atoms with Crippen molar-refractivity contribution in [3.8, 4) is 0 Å². The monoisotopic (exact) mass is 264 g/mol. The van der Waals surface area contributed by atoms with Gasteiger partial charge in [0.2, 0.25) is 5.91 Å². The number of amides is 1. The molecule has 0 saturated carbocycles. The van der Waals surface area contributed by atoms with Crippen LogP contribution in [0.15, 0.2) is 24.5 Å². The molecule has 6 heteroatoms. The summed E-state index contributed by atoms with van der Waals surface area (Å²) in [5.74, 6) is -0.0441. The lowest BCUT2D eigenvalue weighted by atomic mass is 10.0. The summed E-state index contributed by atoms with van der Waals surface area (Å²) in [6, 6.07) is 3.44. The van der Waals surface area contributed by atoms with E-state index in [4.69, 9.17) is 5.73 Å². The Morgan fingerprint density at radius 2 is 2.47 bits per heavy atom. The minimum atomic E-state index is -0.491. The van der Waals surface area contributed by atoms with Crippen LogP contribution in [0.1, 0.15) is 12.8 Å². The van der Waals surface area contributed by atoms with E-state index in [9.17, 15) is 9.90 Å². The SMILES string of the molecule is N[C@@H]1CCN(CCC(=O)Nc2cccnc2)C[C@H]1O. The number of hydrogen-bond donors (Lipinski definition) is 3. The van der Waals surface area contributed by atoms with Gasteiger partial charge in [-0.1, -0.05) is 0 Å².